The van der Waals surface area contributed by atoms with Gasteiger partial charge in [0.2, 0.25) is 0 Å². The summed E-state index contributed by atoms with van der Waals surface area (Å²) in [5.74, 6) is 0.595. The largest absolute Gasteiger partial charge is 0.506 e. The lowest BCUT2D eigenvalue weighted by atomic mass is 9.85. The maximum Gasteiger partial charge on any atom is 0.267 e. The number of hydrogen-bond donors (Lipinski definition) is 1. The minimum atomic E-state index is -0.0252. The summed E-state index contributed by atoms with van der Waals surface area (Å²) in [5, 5.41) is 11.2. The lowest BCUT2D eigenvalue weighted by Crippen LogP contribution is -2.44. The number of rotatable bonds is 3. The van der Waals surface area contributed by atoms with Gasteiger partial charge in [-0.05, 0) is 83.5 Å². The van der Waals surface area contributed by atoms with E-state index in [1.54, 1.807) is 6.08 Å². The van der Waals surface area contributed by atoms with Gasteiger partial charge in [0, 0.05) is 16.1 Å². The average Bonchev–Trinajstić information content (AvgIpc) is 3.02. The minimum absolute atomic E-state index is 0.0252. The minimum Gasteiger partial charge on any atom is -0.506 e. The first-order chi connectivity index (χ1) is 14.4. The molecule has 1 saturated carbocycles. The van der Waals surface area contributed by atoms with Crippen LogP contribution in [0.1, 0.15) is 38.2 Å². The fourth-order valence-corrected chi connectivity index (χ4v) is 6.57. The highest BCUT2D eigenvalue weighted by atomic mass is 127. The van der Waals surface area contributed by atoms with E-state index in [1.165, 1.54) is 18.2 Å². The Morgan fingerprint density at radius 2 is 1.97 bits per heavy atom. The van der Waals surface area contributed by atoms with Crippen LogP contribution in [0.2, 0.25) is 0 Å². The fourth-order valence-electron chi connectivity index (χ4n) is 3.99. The van der Waals surface area contributed by atoms with E-state index >= 15 is 0 Å². The molecule has 1 aliphatic heterocycles. The quantitative estimate of drug-likeness (QED) is 0.308. The first-order valence-corrected chi connectivity index (χ1v) is 12.7. The molecule has 30 heavy (non-hydrogen) atoms. The first kappa shape index (κ1) is 21.9. The van der Waals surface area contributed by atoms with Gasteiger partial charge in [-0.25, -0.2) is 4.99 Å². The van der Waals surface area contributed by atoms with Crippen molar-refractivity contribution in [1.82, 2.24) is 4.90 Å². The second-order valence-corrected chi connectivity index (χ2v) is 10.8. The molecule has 1 amide bonds. The van der Waals surface area contributed by atoms with Gasteiger partial charge >= 0.3 is 0 Å². The molecule has 7 heteroatoms. The SMILES string of the molecule is C[C@H]1CCCC[C@H]1N1C(=O)/C(=C/c2cc(Br)cc(I)c2O)SC1=Nc1ccccc1. The molecule has 0 aromatic heterocycles. The van der Waals surface area contributed by atoms with E-state index in [2.05, 4.69) is 45.4 Å². The van der Waals surface area contributed by atoms with Crippen molar-refractivity contribution in [2.75, 3.05) is 0 Å². The van der Waals surface area contributed by atoms with E-state index in [4.69, 9.17) is 4.99 Å². The number of aliphatic imine (C=N–C) groups is 1. The third-order valence-corrected chi connectivity index (χ3v) is 7.82. The zero-order valence-corrected chi connectivity index (χ0v) is 21.1. The lowest BCUT2D eigenvalue weighted by Gasteiger charge is -2.35. The Labute approximate surface area is 203 Å². The summed E-state index contributed by atoms with van der Waals surface area (Å²) in [5.41, 5.74) is 1.46. The number of thioether (sulfide) groups is 1. The van der Waals surface area contributed by atoms with Crippen LogP contribution in [-0.2, 0) is 4.79 Å². The van der Waals surface area contributed by atoms with Crippen LogP contribution in [0.25, 0.3) is 6.08 Å². The van der Waals surface area contributed by atoms with Gasteiger partial charge in [-0.1, -0.05) is 53.9 Å². The van der Waals surface area contributed by atoms with Crippen LogP contribution in [0.4, 0.5) is 5.69 Å². The van der Waals surface area contributed by atoms with Gasteiger partial charge in [0.25, 0.3) is 5.91 Å². The predicted molar refractivity (Wildman–Crippen MR) is 136 cm³/mol. The van der Waals surface area contributed by atoms with Crippen molar-refractivity contribution in [1.29, 1.82) is 0 Å². The summed E-state index contributed by atoms with van der Waals surface area (Å²) in [6.07, 6.45) is 6.25. The van der Waals surface area contributed by atoms with Crippen LogP contribution in [-0.4, -0.2) is 27.1 Å². The topological polar surface area (TPSA) is 52.9 Å². The molecule has 4 nitrogen and oxygen atoms in total. The van der Waals surface area contributed by atoms with Crippen molar-refractivity contribution >= 4 is 73.1 Å². The van der Waals surface area contributed by atoms with Crippen LogP contribution >= 0.6 is 50.3 Å². The molecule has 156 valence electrons. The summed E-state index contributed by atoms with van der Waals surface area (Å²) in [4.78, 5) is 20.8. The molecule has 1 N–H and O–H groups in total. The third-order valence-electron chi connectivity index (χ3n) is 5.56. The number of aromatic hydroxyl groups is 1. The monoisotopic (exact) mass is 596 g/mol. The molecule has 2 fully saturated rings. The fraction of sp³-hybridized carbons (Fsp3) is 0.304. The molecule has 2 atom stereocenters. The van der Waals surface area contributed by atoms with Crippen LogP contribution < -0.4 is 0 Å². The maximum absolute atomic E-state index is 13.5. The number of phenolic OH excluding ortho intramolecular Hbond substituents is 1. The van der Waals surface area contributed by atoms with Crippen LogP contribution in [0.3, 0.4) is 0 Å². The summed E-state index contributed by atoms with van der Waals surface area (Å²) < 4.78 is 1.60. The van der Waals surface area contributed by atoms with Gasteiger partial charge in [0.05, 0.1) is 14.2 Å². The highest BCUT2D eigenvalue weighted by molar-refractivity contribution is 14.1. The van der Waals surface area contributed by atoms with E-state index < -0.39 is 0 Å². The van der Waals surface area contributed by atoms with Crippen molar-refractivity contribution in [3.8, 4) is 5.75 Å². The molecular formula is C23H22BrIN2O2S. The van der Waals surface area contributed by atoms with E-state index in [1.807, 2.05) is 47.4 Å². The zero-order valence-electron chi connectivity index (χ0n) is 16.5. The number of amidine groups is 1. The standard InChI is InChI=1S/C23H22BrIN2O2S/c1-14-7-5-6-10-19(14)27-22(29)20(12-15-11-16(24)13-18(25)21(15)28)30-23(27)26-17-8-3-2-4-9-17/h2-4,8-9,11-14,19,28H,5-7,10H2,1H3/b20-12-,26-23?/t14-,19+/m0/s1. The molecule has 4 rings (SSSR count). The van der Waals surface area contributed by atoms with Crippen molar-refractivity contribution in [3.63, 3.8) is 0 Å². The Morgan fingerprint density at radius 3 is 2.70 bits per heavy atom. The number of para-hydroxylation sites is 1. The van der Waals surface area contributed by atoms with Gasteiger partial charge in [-0.3, -0.25) is 9.69 Å². The van der Waals surface area contributed by atoms with E-state index in [9.17, 15) is 9.90 Å². The lowest BCUT2D eigenvalue weighted by molar-refractivity contribution is -0.124. The van der Waals surface area contributed by atoms with Crippen molar-refractivity contribution in [2.24, 2.45) is 10.9 Å². The normalized spacial score (nSPS) is 24.8. The summed E-state index contributed by atoms with van der Waals surface area (Å²) in [6.45, 7) is 2.23. The second kappa shape index (κ2) is 9.44. The van der Waals surface area contributed by atoms with Gasteiger partial charge in [-0.15, -0.1) is 0 Å². The third kappa shape index (κ3) is 4.62. The highest BCUT2D eigenvalue weighted by Crippen LogP contribution is 2.41. The van der Waals surface area contributed by atoms with Crippen molar-refractivity contribution in [3.05, 3.63) is 61.0 Å². The Kier molecular flexibility index (Phi) is 6.89. The number of carbonyl (C=O) groups is 1. The highest BCUT2D eigenvalue weighted by Gasteiger charge is 2.41. The van der Waals surface area contributed by atoms with E-state index in [0.29, 0.717) is 16.4 Å². The summed E-state index contributed by atoms with van der Waals surface area (Å²) >= 11 is 6.96. The number of halogens is 2. The Balaban J connectivity index is 1.76. The molecular weight excluding hydrogens is 575 g/mol. The number of nitrogens with zero attached hydrogens (tertiary/aromatic N) is 2. The molecule has 0 unspecified atom stereocenters. The number of hydrogen-bond acceptors (Lipinski definition) is 4. The second-order valence-electron chi connectivity index (χ2n) is 7.67. The van der Waals surface area contributed by atoms with Crippen LogP contribution in [0.5, 0.6) is 5.75 Å². The molecule has 0 radical (unpaired) electrons. The number of amides is 1. The molecule has 2 aromatic rings. The zero-order chi connectivity index (χ0) is 21.3. The molecule has 1 aliphatic carbocycles. The number of benzene rings is 2. The van der Waals surface area contributed by atoms with Crippen molar-refractivity contribution < 1.29 is 9.90 Å². The Hall–Kier alpha value is -1.32. The summed E-state index contributed by atoms with van der Waals surface area (Å²) in [6, 6.07) is 13.6. The van der Waals surface area contributed by atoms with Crippen molar-refractivity contribution in [2.45, 2.75) is 38.6 Å². The van der Waals surface area contributed by atoms with Crippen LogP contribution in [0, 0.1) is 9.49 Å². The van der Waals surface area contributed by atoms with Gasteiger partial charge in [-0.2, -0.15) is 0 Å². The van der Waals surface area contributed by atoms with E-state index in [-0.39, 0.29) is 17.7 Å². The Bertz CT molecular complexity index is 1030. The molecule has 2 aromatic carbocycles. The molecule has 1 heterocycles. The Morgan fingerprint density at radius 1 is 1.23 bits per heavy atom. The van der Waals surface area contributed by atoms with E-state index in [0.717, 1.165) is 38.2 Å². The molecule has 0 spiro atoms. The summed E-state index contributed by atoms with van der Waals surface area (Å²) in [7, 11) is 0. The molecule has 1 saturated heterocycles. The van der Waals surface area contributed by atoms with Gasteiger partial charge in [0.1, 0.15) is 5.75 Å². The predicted octanol–water partition coefficient (Wildman–Crippen LogP) is 6.94. The van der Waals surface area contributed by atoms with Crippen LogP contribution in [0.15, 0.2) is 56.8 Å². The molecule has 2 aliphatic rings. The first-order valence-electron chi connectivity index (χ1n) is 9.99. The number of carbonyl (C=O) groups excluding carboxylic acids is 1. The van der Waals surface area contributed by atoms with Gasteiger partial charge in [0.15, 0.2) is 5.17 Å². The smallest absolute Gasteiger partial charge is 0.267 e. The maximum atomic E-state index is 13.5. The molecule has 0 bridgehead atoms. The van der Waals surface area contributed by atoms with Gasteiger partial charge < -0.3 is 5.11 Å². The average molecular weight is 597 g/mol. The number of phenols is 1.